The third-order valence-corrected chi connectivity index (χ3v) is 4.20. The Labute approximate surface area is 124 Å². The fourth-order valence-corrected chi connectivity index (χ4v) is 2.54. The lowest BCUT2D eigenvalue weighted by Gasteiger charge is -2.28. The van der Waals surface area contributed by atoms with E-state index in [1.165, 1.54) is 0 Å². The van der Waals surface area contributed by atoms with E-state index in [1.54, 1.807) is 0 Å². The SMILES string of the molecule is CC(C)(CCNC(=O)C1CCC(F)(F)CC1)CCC(=O)O. The number of hydrogen-bond acceptors (Lipinski definition) is 2. The molecule has 0 heterocycles. The number of hydrogen-bond donors (Lipinski definition) is 2. The maximum absolute atomic E-state index is 13.0. The van der Waals surface area contributed by atoms with E-state index in [4.69, 9.17) is 5.11 Å². The van der Waals surface area contributed by atoms with Gasteiger partial charge in [0.1, 0.15) is 0 Å². The molecule has 1 fully saturated rings. The smallest absolute Gasteiger partial charge is 0.303 e. The third kappa shape index (κ3) is 6.87. The Kier molecular flexibility index (Phi) is 6.10. The largest absolute Gasteiger partial charge is 0.481 e. The number of alkyl halides is 2. The highest BCUT2D eigenvalue weighted by atomic mass is 19.3. The molecular formula is C15H25F2NO3. The topological polar surface area (TPSA) is 66.4 Å². The summed E-state index contributed by atoms with van der Waals surface area (Å²) in [5.74, 6) is -3.91. The van der Waals surface area contributed by atoms with Crippen molar-refractivity contribution in [3.8, 4) is 0 Å². The van der Waals surface area contributed by atoms with Crippen molar-refractivity contribution in [3.63, 3.8) is 0 Å². The zero-order valence-corrected chi connectivity index (χ0v) is 12.8. The molecule has 2 N–H and O–H groups in total. The van der Waals surface area contributed by atoms with E-state index in [9.17, 15) is 18.4 Å². The van der Waals surface area contributed by atoms with Crippen LogP contribution in [0.5, 0.6) is 0 Å². The van der Waals surface area contributed by atoms with Crippen molar-refractivity contribution in [3.05, 3.63) is 0 Å². The van der Waals surface area contributed by atoms with Crippen molar-refractivity contribution >= 4 is 11.9 Å². The van der Waals surface area contributed by atoms with Crippen molar-refractivity contribution < 1.29 is 23.5 Å². The van der Waals surface area contributed by atoms with Crippen molar-refractivity contribution in [2.24, 2.45) is 11.3 Å². The van der Waals surface area contributed by atoms with Crippen molar-refractivity contribution in [2.75, 3.05) is 6.54 Å². The molecule has 0 aromatic carbocycles. The van der Waals surface area contributed by atoms with Gasteiger partial charge < -0.3 is 10.4 Å². The van der Waals surface area contributed by atoms with Crippen LogP contribution in [0.1, 0.15) is 58.8 Å². The van der Waals surface area contributed by atoms with Crippen LogP contribution < -0.4 is 5.32 Å². The number of carboxylic acids is 1. The fourth-order valence-electron chi connectivity index (χ4n) is 2.54. The molecule has 1 amide bonds. The van der Waals surface area contributed by atoms with Gasteiger partial charge in [0.15, 0.2) is 0 Å². The summed E-state index contributed by atoms with van der Waals surface area (Å²) in [6, 6.07) is 0. The van der Waals surface area contributed by atoms with E-state index in [2.05, 4.69) is 5.32 Å². The quantitative estimate of drug-likeness (QED) is 0.759. The van der Waals surface area contributed by atoms with E-state index >= 15 is 0 Å². The molecule has 1 aliphatic rings. The molecule has 0 radical (unpaired) electrons. The van der Waals surface area contributed by atoms with Gasteiger partial charge in [0.2, 0.25) is 11.8 Å². The predicted octanol–water partition coefficient (Wildman–Crippen LogP) is 3.21. The Morgan fingerprint density at radius 3 is 2.33 bits per heavy atom. The molecule has 6 heteroatoms. The van der Waals surface area contributed by atoms with Crippen LogP contribution in [-0.4, -0.2) is 29.5 Å². The zero-order valence-electron chi connectivity index (χ0n) is 12.8. The Morgan fingerprint density at radius 1 is 1.24 bits per heavy atom. The lowest BCUT2D eigenvalue weighted by Crippen LogP contribution is -2.37. The second-order valence-corrected chi connectivity index (χ2v) is 6.73. The second kappa shape index (κ2) is 7.18. The molecule has 122 valence electrons. The van der Waals surface area contributed by atoms with E-state index in [1.807, 2.05) is 13.8 Å². The first-order valence-corrected chi connectivity index (χ1v) is 7.49. The number of halogens is 2. The average Bonchev–Trinajstić information content (AvgIpc) is 2.36. The highest BCUT2D eigenvalue weighted by Crippen LogP contribution is 2.36. The van der Waals surface area contributed by atoms with Crippen LogP contribution >= 0.6 is 0 Å². The highest BCUT2D eigenvalue weighted by molar-refractivity contribution is 5.78. The van der Waals surface area contributed by atoms with E-state index in [0.29, 0.717) is 19.4 Å². The summed E-state index contributed by atoms with van der Waals surface area (Å²) < 4.78 is 26.0. The number of carboxylic acid groups (broad SMARTS) is 1. The summed E-state index contributed by atoms with van der Waals surface area (Å²) in [4.78, 5) is 22.5. The lowest BCUT2D eigenvalue weighted by molar-refractivity contribution is -0.137. The summed E-state index contributed by atoms with van der Waals surface area (Å²) in [5, 5.41) is 11.5. The minimum Gasteiger partial charge on any atom is -0.481 e. The normalized spacial score (nSPS) is 19.2. The van der Waals surface area contributed by atoms with E-state index in [-0.39, 0.29) is 49.3 Å². The standard InChI is InChI=1S/C15H25F2NO3/c1-14(2,6-5-12(19)20)9-10-18-13(21)11-3-7-15(16,17)8-4-11/h11H,3-10H2,1-2H3,(H,18,21)(H,19,20). The van der Waals surface area contributed by atoms with Gasteiger partial charge in [-0.3, -0.25) is 9.59 Å². The van der Waals surface area contributed by atoms with Gasteiger partial charge in [-0.1, -0.05) is 13.8 Å². The first-order valence-electron chi connectivity index (χ1n) is 7.49. The lowest BCUT2D eigenvalue weighted by atomic mass is 9.84. The Bertz CT molecular complexity index is 373. The number of amides is 1. The predicted molar refractivity (Wildman–Crippen MR) is 75.2 cm³/mol. The van der Waals surface area contributed by atoms with Crippen molar-refractivity contribution in [2.45, 2.75) is 64.7 Å². The van der Waals surface area contributed by atoms with Gasteiger partial charge >= 0.3 is 5.97 Å². The van der Waals surface area contributed by atoms with Crippen LogP contribution in [0.15, 0.2) is 0 Å². The molecular weight excluding hydrogens is 280 g/mol. The van der Waals surface area contributed by atoms with Gasteiger partial charge in [-0.05, 0) is 31.1 Å². The van der Waals surface area contributed by atoms with Crippen LogP contribution in [0.3, 0.4) is 0 Å². The molecule has 0 aliphatic heterocycles. The van der Waals surface area contributed by atoms with Gasteiger partial charge in [-0.2, -0.15) is 0 Å². The zero-order chi connectivity index (χ0) is 16.1. The van der Waals surface area contributed by atoms with E-state index in [0.717, 1.165) is 0 Å². The van der Waals surface area contributed by atoms with Gasteiger partial charge in [-0.15, -0.1) is 0 Å². The molecule has 1 rings (SSSR count). The molecule has 0 bridgehead atoms. The minimum atomic E-state index is -2.62. The van der Waals surface area contributed by atoms with Gasteiger partial charge in [-0.25, -0.2) is 8.78 Å². The number of carbonyl (C=O) groups is 2. The Morgan fingerprint density at radius 2 is 1.81 bits per heavy atom. The molecule has 1 saturated carbocycles. The second-order valence-electron chi connectivity index (χ2n) is 6.73. The monoisotopic (exact) mass is 305 g/mol. The maximum Gasteiger partial charge on any atom is 0.303 e. The molecule has 21 heavy (non-hydrogen) atoms. The van der Waals surface area contributed by atoms with Crippen LogP contribution in [0.2, 0.25) is 0 Å². The average molecular weight is 305 g/mol. The van der Waals surface area contributed by atoms with Crippen LogP contribution in [0.4, 0.5) is 8.78 Å². The van der Waals surface area contributed by atoms with E-state index < -0.39 is 11.9 Å². The minimum absolute atomic E-state index is 0.110. The fraction of sp³-hybridized carbons (Fsp3) is 0.867. The van der Waals surface area contributed by atoms with Crippen molar-refractivity contribution in [1.82, 2.24) is 5.32 Å². The molecule has 1 aliphatic carbocycles. The summed E-state index contributed by atoms with van der Waals surface area (Å²) in [6.07, 6.45) is 1.38. The molecule has 0 aromatic heterocycles. The van der Waals surface area contributed by atoms with Crippen molar-refractivity contribution in [1.29, 1.82) is 0 Å². The number of carbonyl (C=O) groups excluding carboxylic acids is 1. The summed E-state index contributed by atoms with van der Waals surface area (Å²) in [5.41, 5.74) is -0.161. The molecule has 4 nitrogen and oxygen atoms in total. The molecule has 0 unspecified atom stereocenters. The summed E-state index contributed by atoms with van der Waals surface area (Å²) in [6.45, 7) is 4.38. The molecule has 0 aromatic rings. The Hall–Kier alpha value is -1.20. The molecule has 0 saturated heterocycles. The maximum atomic E-state index is 13.0. The number of nitrogens with one attached hydrogen (secondary N) is 1. The Balaban J connectivity index is 2.26. The van der Waals surface area contributed by atoms with Crippen LogP contribution in [-0.2, 0) is 9.59 Å². The number of aliphatic carboxylic acids is 1. The van der Waals surface area contributed by atoms with Gasteiger partial charge in [0, 0.05) is 31.7 Å². The first-order chi connectivity index (χ1) is 9.61. The first kappa shape index (κ1) is 17.9. The number of rotatable bonds is 7. The van der Waals surface area contributed by atoms with Gasteiger partial charge in [0.05, 0.1) is 0 Å². The van der Waals surface area contributed by atoms with Crippen LogP contribution in [0.25, 0.3) is 0 Å². The van der Waals surface area contributed by atoms with Gasteiger partial charge in [0.25, 0.3) is 0 Å². The van der Waals surface area contributed by atoms with Crippen LogP contribution in [0, 0.1) is 11.3 Å². The summed E-state index contributed by atoms with van der Waals surface area (Å²) in [7, 11) is 0. The third-order valence-electron chi connectivity index (χ3n) is 4.20. The highest BCUT2D eigenvalue weighted by Gasteiger charge is 2.37. The molecule has 0 spiro atoms. The summed E-state index contributed by atoms with van der Waals surface area (Å²) >= 11 is 0. The molecule has 0 atom stereocenters.